The lowest BCUT2D eigenvalue weighted by atomic mass is 9.88. The highest BCUT2D eigenvalue weighted by atomic mass is 19.1. The number of rotatable bonds is 5. The summed E-state index contributed by atoms with van der Waals surface area (Å²) in [6.45, 7) is 1.74. The summed E-state index contributed by atoms with van der Waals surface area (Å²) in [6.07, 6.45) is 5.28. The van der Waals surface area contributed by atoms with E-state index in [1.165, 1.54) is 24.6 Å². The molecule has 1 aliphatic carbocycles. The molecule has 0 heterocycles. The van der Waals surface area contributed by atoms with Gasteiger partial charge < -0.3 is 5.32 Å². The van der Waals surface area contributed by atoms with Gasteiger partial charge in [-0.2, -0.15) is 5.10 Å². The smallest absolute Gasteiger partial charge is 0.274 e. The Balaban J connectivity index is 1.65. The Morgan fingerprint density at radius 3 is 2.54 bits per heavy atom. The predicted molar refractivity (Wildman–Crippen MR) is 108 cm³/mol. The van der Waals surface area contributed by atoms with Gasteiger partial charge in [0, 0.05) is 11.6 Å². The molecule has 28 heavy (non-hydrogen) atoms. The number of anilines is 1. The molecule has 0 radical (unpaired) electrons. The molecule has 1 aliphatic rings. The SMILES string of the molecule is C/C(=N\NC(=O)c1ccccc1F)c1cccc(NC(=O)C2CCCCC2)c1. The molecule has 5 nitrogen and oxygen atoms in total. The number of hydrogen-bond donors (Lipinski definition) is 2. The Kier molecular flexibility index (Phi) is 6.53. The van der Waals surface area contributed by atoms with Gasteiger partial charge in [-0.1, -0.05) is 43.5 Å². The van der Waals surface area contributed by atoms with Crippen molar-refractivity contribution in [1.82, 2.24) is 5.43 Å². The molecule has 2 N–H and O–H groups in total. The Hall–Kier alpha value is -3.02. The van der Waals surface area contributed by atoms with Crippen molar-refractivity contribution in [3.05, 3.63) is 65.5 Å². The average molecular weight is 381 g/mol. The number of nitrogens with one attached hydrogen (secondary N) is 2. The summed E-state index contributed by atoms with van der Waals surface area (Å²) in [7, 11) is 0. The van der Waals surface area contributed by atoms with Gasteiger partial charge >= 0.3 is 0 Å². The fourth-order valence-corrected chi connectivity index (χ4v) is 3.34. The van der Waals surface area contributed by atoms with Gasteiger partial charge in [-0.15, -0.1) is 0 Å². The van der Waals surface area contributed by atoms with Crippen molar-refractivity contribution < 1.29 is 14.0 Å². The van der Waals surface area contributed by atoms with Crippen molar-refractivity contribution in [3.63, 3.8) is 0 Å². The van der Waals surface area contributed by atoms with Gasteiger partial charge in [-0.3, -0.25) is 9.59 Å². The summed E-state index contributed by atoms with van der Waals surface area (Å²) in [4.78, 5) is 24.5. The van der Waals surface area contributed by atoms with Crippen LogP contribution >= 0.6 is 0 Å². The molecule has 3 rings (SSSR count). The van der Waals surface area contributed by atoms with Crippen LogP contribution in [0.3, 0.4) is 0 Å². The van der Waals surface area contributed by atoms with Crippen molar-refractivity contribution in [2.45, 2.75) is 39.0 Å². The molecule has 6 heteroatoms. The zero-order valence-corrected chi connectivity index (χ0v) is 15.9. The maximum absolute atomic E-state index is 13.7. The Morgan fingerprint density at radius 2 is 1.79 bits per heavy atom. The fourth-order valence-electron chi connectivity index (χ4n) is 3.34. The minimum absolute atomic E-state index is 0.0549. The third-order valence-corrected chi connectivity index (χ3v) is 4.97. The average Bonchev–Trinajstić information content (AvgIpc) is 2.73. The van der Waals surface area contributed by atoms with Crippen LogP contribution in [0.25, 0.3) is 0 Å². The molecule has 2 aromatic carbocycles. The van der Waals surface area contributed by atoms with E-state index in [9.17, 15) is 14.0 Å². The number of amides is 2. The Labute approximate surface area is 164 Å². The molecule has 0 bridgehead atoms. The first kappa shape index (κ1) is 19.7. The highest BCUT2D eigenvalue weighted by Gasteiger charge is 2.21. The van der Waals surface area contributed by atoms with E-state index in [1.807, 2.05) is 24.3 Å². The van der Waals surface area contributed by atoms with E-state index in [1.54, 1.807) is 13.0 Å². The van der Waals surface area contributed by atoms with Crippen LogP contribution in [0, 0.1) is 11.7 Å². The second-order valence-electron chi connectivity index (χ2n) is 7.02. The lowest BCUT2D eigenvalue weighted by Gasteiger charge is -2.20. The maximum atomic E-state index is 13.7. The molecule has 0 atom stereocenters. The van der Waals surface area contributed by atoms with E-state index in [2.05, 4.69) is 15.8 Å². The largest absolute Gasteiger partial charge is 0.326 e. The van der Waals surface area contributed by atoms with Crippen molar-refractivity contribution in [1.29, 1.82) is 0 Å². The van der Waals surface area contributed by atoms with Crippen molar-refractivity contribution in [2.24, 2.45) is 11.0 Å². The molecule has 1 fully saturated rings. The normalized spacial score (nSPS) is 15.1. The molecule has 2 amide bonds. The van der Waals surface area contributed by atoms with E-state index in [4.69, 9.17) is 0 Å². The molecule has 0 saturated heterocycles. The standard InChI is InChI=1S/C22H24FN3O2/c1-15(25-26-22(28)19-12-5-6-13-20(19)23)17-10-7-11-18(14-17)24-21(27)16-8-3-2-4-9-16/h5-7,10-14,16H,2-4,8-9H2,1H3,(H,24,27)(H,26,28)/b25-15+. The zero-order valence-electron chi connectivity index (χ0n) is 15.9. The summed E-state index contributed by atoms with van der Waals surface area (Å²) in [6, 6.07) is 13.0. The van der Waals surface area contributed by atoms with Gasteiger partial charge in [-0.25, -0.2) is 9.82 Å². The second-order valence-corrected chi connectivity index (χ2v) is 7.02. The van der Waals surface area contributed by atoms with E-state index in [0.717, 1.165) is 31.2 Å². The highest BCUT2D eigenvalue weighted by molar-refractivity contribution is 6.02. The lowest BCUT2D eigenvalue weighted by molar-refractivity contribution is -0.120. The maximum Gasteiger partial charge on any atom is 0.274 e. The zero-order chi connectivity index (χ0) is 19.9. The van der Waals surface area contributed by atoms with Gasteiger partial charge in [0.15, 0.2) is 0 Å². The van der Waals surface area contributed by atoms with E-state index < -0.39 is 11.7 Å². The molecule has 0 unspecified atom stereocenters. The minimum atomic E-state index is -0.612. The summed E-state index contributed by atoms with van der Waals surface area (Å²) in [5.74, 6) is -1.08. The number of hydrazone groups is 1. The van der Waals surface area contributed by atoms with Crippen LogP contribution < -0.4 is 10.7 Å². The number of carbonyl (C=O) groups excluding carboxylic acids is 2. The number of nitrogens with zero attached hydrogens (tertiary/aromatic N) is 1. The lowest BCUT2D eigenvalue weighted by Crippen LogP contribution is -2.24. The number of hydrogen-bond acceptors (Lipinski definition) is 3. The van der Waals surface area contributed by atoms with Crippen LogP contribution in [0.5, 0.6) is 0 Å². The van der Waals surface area contributed by atoms with Gasteiger partial charge in [0.1, 0.15) is 5.82 Å². The van der Waals surface area contributed by atoms with Gasteiger partial charge in [0.25, 0.3) is 5.91 Å². The fraction of sp³-hybridized carbons (Fsp3) is 0.318. The van der Waals surface area contributed by atoms with Gasteiger partial charge in [0.05, 0.1) is 11.3 Å². The number of halogens is 1. The molecular weight excluding hydrogens is 357 g/mol. The first-order valence-electron chi connectivity index (χ1n) is 9.55. The van der Waals surface area contributed by atoms with Crippen LogP contribution in [0.1, 0.15) is 54.9 Å². The third-order valence-electron chi connectivity index (χ3n) is 4.97. The molecule has 146 valence electrons. The van der Waals surface area contributed by atoms with Gasteiger partial charge in [-0.05, 0) is 49.6 Å². The van der Waals surface area contributed by atoms with E-state index in [0.29, 0.717) is 11.4 Å². The van der Waals surface area contributed by atoms with Crippen molar-refractivity contribution >= 4 is 23.2 Å². The van der Waals surface area contributed by atoms with Crippen LogP contribution in [0.2, 0.25) is 0 Å². The molecule has 0 aromatic heterocycles. The summed E-state index contributed by atoms with van der Waals surface area (Å²) < 4.78 is 13.7. The summed E-state index contributed by atoms with van der Waals surface area (Å²) >= 11 is 0. The van der Waals surface area contributed by atoms with Crippen LogP contribution in [-0.4, -0.2) is 17.5 Å². The van der Waals surface area contributed by atoms with E-state index in [-0.39, 0.29) is 17.4 Å². The topological polar surface area (TPSA) is 70.6 Å². The number of carbonyl (C=O) groups is 2. The summed E-state index contributed by atoms with van der Waals surface area (Å²) in [5, 5.41) is 7.03. The van der Waals surface area contributed by atoms with Crippen LogP contribution in [0.15, 0.2) is 53.6 Å². The minimum Gasteiger partial charge on any atom is -0.326 e. The van der Waals surface area contributed by atoms with Crippen LogP contribution in [-0.2, 0) is 4.79 Å². The van der Waals surface area contributed by atoms with Gasteiger partial charge in [0.2, 0.25) is 5.91 Å². The number of benzene rings is 2. The van der Waals surface area contributed by atoms with Crippen molar-refractivity contribution in [3.8, 4) is 0 Å². The Bertz CT molecular complexity index is 889. The summed E-state index contributed by atoms with van der Waals surface area (Å²) in [5.41, 5.74) is 4.32. The Morgan fingerprint density at radius 1 is 1.04 bits per heavy atom. The van der Waals surface area contributed by atoms with Crippen LogP contribution in [0.4, 0.5) is 10.1 Å². The molecule has 2 aromatic rings. The quantitative estimate of drug-likeness (QED) is 0.591. The van der Waals surface area contributed by atoms with E-state index >= 15 is 0 Å². The second kappa shape index (κ2) is 9.26. The molecular formula is C22H24FN3O2. The monoisotopic (exact) mass is 381 g/mol. The first-order chi connectivity index (χ1) is 13.5. The molecule has 1 saturated carbocycles. The van der Waals surface area contributed by atoms with Crippen molar-refractivity contribution in [2.75, 3.05) is 5.32 Å². The first-order valence-corrected chi connectivity index (χ1v) is 9.55. The molecule has 0 spiro atoms. The highest BCUT2D eigenvalue weighted by Crippen LogP contribution is 2.25. The third kappa shape index (κ3) is 5.03. The predicted octanol–water partition coefficient (Wildman–Crippen LogP) is 4.50. The molecule has 0 aliphatic heterocycles.